The maximum absolute atomic E-state index is 12.3. The van der Waals surface area contributed by atoms with Gasteiger partial charge in [0.25, 0.3) is 0 Å². The maximum atomic E-state index is 12.3. The fraction of sp³-hybridized carbons (Fsp3) is 0.0625. The maximum Gasteiger partial charge on any atom is 0.248 e. The first-order chi connectivity index (χ1) is 12.2. The van der Waals surface area contributed by atoms with E-state index in [-0.39, 0.29) is 12.5 Å². The van der Waals surface area contributed by atoms with Crippen LogP contribution in [-0.4, -0.2) is 31.1 Å². The molecule has 124 valence electrons. The Labute approximate surface area is 151 Å². The number of hydrogen-bond donors (Lipinski definition) is 1. The average molecular weight is 371 g/mol. The summed E-state index contributed by atoms with van der Waals surface area (Å²) in [5, 5.41) is 15.5. The molecule has 4 aromatic rings. The van der Waals surface area contributed by atoms with Crippen molar-refractivity contribution in [1.82, 2.24) is 25.2 Å². The van der Waals surface area contributed by atoms with Crippen LogP contribution in [0.25, 0.3) is 21.6 Å². The van der Waals surface area contributed by atoms with Gasteiger partial charge in [-0.1, -0.05) is 35.1 Å². The molecular formula is C16H11ClN6OS. The number of benzene rings is 2. The lowest BCUT2D eigenvalue weighted by Crippen LogP contribution is -2.20. The molecule has 0 aliphatic carbocycles. The van der Waals surface area contributed by atoms with Crippen molar-refractivity contribution in [2.24, 2.45) is 0 Å². The topological polar surface area (TPSA) is 85.6 Å². The van der Waals surface area contributed by atoms with Gasteiger partial charge in [-0.05, 0) is 46.8 Å². The van der Waals surface area contributed by atoms with Crippen LogP contribution < -0.4 is 5.32 Å². The van der Waals surface area contributed by atoms with Gasteiger partial charge in [-0.25, -0.2) is 9.67 Å². The molecule has 0 atom stereocenters. The minimum absolute atomic E-state index is 0.0130. The molecule has 25 heavy (non-hydrogen) atoms. The van der Waals surface area contributed by atoms with Crippen molar-refractivity contribution < 1.29 is 4.79 Å². The summed E-state index contributed by atoms with van der Waals surface area (Å²) >= 11 is 7.31. The van der Waals surface area contributed by atoms with Crippen LogP contribution >= 0.6 is 22.9 Å². The number of hydrogen-bond acceptors (Lipinski definition) is 6. The number of carbonyl (C=O) groups excluding carboxylic acids is 1. The molecule has 9 heteroatoms. The van der Waals surface area contributed by atoms with Crippen LogP contribution in [0.5, 0.6) is 0 Å². The van der Waals surface area contributed by atoms with E-state index in [4.69, 9.17) is 11.6 Å². The largest absolute Gasteiger partial charge is 0.300 e. The number of para-hydroxylation sites is 1. The molecule has 2 aromatic carbocycles. The summed E-state index contributed by atoms with van der Waals surface area (Å²) in [6.45, 7) is -0.0130. The van der Waals surface area contributed by atoms with Crippen LogP contribution in [0.1, 0.15) is 0 Å². The van der Waals surface area contributed by atoms with Gasteiger partial charge in [-0.3, -0.25) is 4.79 Å². The number of anilines is 1. The van der Waals surface area contributed by atoms with Gasteiger partial charge < -0.3 is 5.32 Å². The van der Waals surface area contributed by atoms with Crippen molar-refractivity contribution >= 4 is 44.2 Å². The fourth-order valence-electron chi connectivity index (χ4n) is 2.34. The van der Waals surface area contributed by atoms with E-state index in [1.807, 2.05) is 24.3 Å². The van der Waals surface area contributed by atoms with E-state index >= 15 is 0 Å². The van der Waals surface area contributed by atoms with Crippen molar-refractivity contribution in [3.8, 4) is 11.4 Å². The normalized spacial score (nSPS) is 10.9. The highest BCUT2D eigenvalue weighted by molar-refractivity contribution is 7.22. The zero-order chi connectivity index (χ0) is 17.2. The number of amides is 1. The van der Waals surface area contributed by atoms with E-state index in [1.54, 1.807) is 24.3 Å². The van der Waals surface area contributed by atoms with Crippen molar-refractivity contribution in [3.63, 3.8) is 0 Å². The van der Waals surface area contributed by atoms with Crippen LogP contribution in [0.4, 0.5) is 5.13 Å². The molecule has 2 aromatic heterocycles. The predicted molar refractivity (Wildman–Crippen MR) is 96.5 cm³/mol. The first kappa shape index (κ1) is 15.7. The third kappa shape index (κ3) is 3.35. The third-order valence-corrected chi connectivity index (χ3v) is 4.67. The Bertz CT molecular complexity index is 1010. The zero-order valence-corrected chi connectivity index (χ0v) is 14.3. The van der Waals surface area contributed by atoms with Crippen LogP contribution in [0, 0.1) is 0 Å². The highest BCUT2D eigenvalue weighted by Gasteiger charge is 2.14. The molecule has 0 radical (unpaired) electrons. The lowest BCUT2D eigenvalue weighted by atomic mass is 10.2. The second-order valence-electron chi connectivity index (χ2n) is 5.20. The molecule has 1 N–H and O–H groups in total. The number of aromatic nitrogens is 5. The van der Waals surface area contributed by atoms with Gasteiger partial charge >= 0.3 is 0 Å². The molecule has 0 saturated heterocycles. The first-order valence-electron chi connectivity index (χ1n) is 7.36. The highest BCUT2D eigenvalue weighted by Crippen LogP contribution is 2.25. The summed E-state index contributed by atoms with van der Waals surface area (Å²) < 4.78 is 2.45. The SMILES string of the molecule is O=C(Cn1nnnc1-c1ccc(Cl)cc1)Nc1nc2ccccc2s1. The molecule has 0 spiro atoms. The first-order valence-corrected chi connectivity index (χ1v) is 8.56. The minimum atomic E-state index is -0.249. The van der Waals surface area contributed by atoms with E-state index in [0.29, 0.717) is 16.0 Å². The summed E-state index contributed by atoms with van der Waals surface area (Å²) in [5.74, 6) is 0.248. The number of halogens is 1. The molecule has 0 fully saturated rings. The van der Waals surface area contributed by atoms with Crippen LogP contribution in [0.3, 0.4) is 0 Å². The average Bonchev–Trinajstić information content (AvgIpc) is 3.21. The second-order valence-corrected chi connectivity index (χ2v) is 6.67. The molecule has 0 aliphatic rings. The van der Waals surface area contributed by atoms with Gasteiger partial charge in [-0.15, -0.1) is 5.10 Å². The summed E-state index contributed by atoms with van der Waals surface area (Å²) in [7, 11) is 0. The van der Waals surface area contributed by atoms with Gasteiger partial charge in [0.15, 0.2) is 11.0 Å². The summed E-state index contributed by atoms with van der Waals surface area (Å²) in [6, 6.07) is 14.8. The summed E-state index contributed by atoms with van der Waals surface area (Å²) in [4.78, 5) is 16.7. The van der Waals surface area contributed by atoms with Gasteiger partial charge in [-0.2, -0.15) is 0 Å². The number of carbonyl (C=O) groups is 1. The van der Waals surface area contributed by atoms with E-state index in [1.165, 1.54) is 16.0 Å². The standard InChI is InChI=1S/C16H11ClN6OS/c17-11-7-5-10(6-8-11)15-20-21-22-23(15)9-14(24)19-16-18-12-3-1-2-4-13(12)25-16/h1-8H,9H2,(H,18,19,24). The molecule has 2 heterocycles. The highest BCUT2D eigenvalue weighted by atomic mass is 35.5. The Kier molecular flexibility index (Phi) is 4.12. The summed E-state index contributed by atoms with van der Waals surface area (Å²) in [6.07, 6.45) is 0. The van der Waals surface area contributed by atoms with Crippen molar-refractivity contribution in [2.75, 3.05) is 5.32 Å². The second kappa shape index (κ2) is 6.58. The Morgan fingerprint density at radius 3 is 2.76 bits per heavy atom. The van der Waals surface area contributed by atoms with E-state index < -0.39 is 0 Å². The van der Waals surface area contributed by atoms with Gasteiger partial charge in [0, 0.05) is 10.6 Å². The number of thiazole rings is 1. The number of nitrogens with zero attached hydrogens (tertiary/aromatic N) is 5. The Morgan fingerprint density at radius 1 is 1.16 bits per heavy atom. The summed E-state index contributed by atoms with van der Waals surface area (Å²) in [5.41, 5.74) is 1.63. The number of fused-ring (bicyclic) bond motifs is 1. The van der Waals surface area contributed by atoms with Crippen molar-refractivity contribution in [3.05, 3.63) is 53.6 Å². The van der Waals surface area contributed by atoms with Crippen molar-refractivity contribution in [2.45, 2.75) is 6.54 Å². The van der Waals surface area contributed by atoms with Gasteiger partial charge in [0.2, 0.25) is 5.91 Å². The van der Waals surface area contributed by atoms with E-state index in [2.05, 4.69) is 25.8 Å². The molecule has 0 aliphatic heterocycles. The molecule has 7 nitrogen and oxygen atoms in total. The van der Waals surface area contributed by atoms with Crippen LogP contribution in [-0.2, 0) is 11.3 Å². The monoisotopic (exact) mass is 370 g/mol. The molecule has 0 bridgehead atoms. The zero-order valence-electron chi connectivity index (χ0n) is 12.8. The Hall–Kier alpha value is -2.84. The lowest BCUT2D eigenvalue weighted by molar-refractivity contribution is -0.116. The van der Waals surface area contributed by atoms with Crippen LogP contribution in [0.2, 0.25) is 5.02 Å². The molecular weight excluding hydrogens is 360 g/mol. The Morgan fingerprint density at radius 2 is 1.96 bits per heavy atom. The molecule has 1 amide bonds. The van der Waals surface area contributed by atoms with Crippen LogP contribution in [0.15, 0.2) is 48.5 Å². The molecule has 0 saturated carbocycles. The van der Waals surface area contributed by atoms with Gasteiger partial charge in [0.1, 0.15) is 6.54 Å². The smallest absolute Gasteiger partial charge is 0.248 e. The Balaban J connectivity index is 1.51. The van der Waals surface area contributed by atoms with E-state index in [0.717, 1.165) is 15.8 Å². The number of nitrogens with one attached hydrogen (secondary N) is 1. The number of rotatable bonds is 4. The molecule has 0 unspecified atom stereocenters. The predicted octanol–water partition coefficient (Wildman–Crippen LogP) is 3.24. The lowest BCUT2D eigenvalue weighted by Gasteiger charge is -2.04. The van der Waals surface area contributed by atoms with E-state index in [9.17, 15) is 4.79 Å². The number of tetrazole rings is 1. The van der Waals surface area contributed by atoms with Crippen molar-refractivity contribution in [1.29, 1.82) is 0 Å². The fourth-order valence-corrected chi connectivity index (χ4v) is 3.35. The molecule has 4 rings (SSSR count). The third-order valence-electron chi connectivity index (χ3n) is 3.47. The minimum Gasteiger partial charge on any atom is -0.300 e. The van der Waals surface area contributed by atoms with Gasteiger partial charge in [0.05, 0.1) is 10.2 Å². The quantitative estimate of drug-likeness (QED) is 0.596.